The van der Waals surface area contributed by atoms with Crippen LogP contribution >= 0.6 is 0 Å². The molecule has 0 spiro atoms. The van der Waals surface area contributed by atoms with Crippen LogP contribution < -0.4 is 5.32 Å². The lowest BCUT2D eigenvalue weighted by molar-refractivity contribution is -0.116. The van der Waals surface area contributed by atoms with Gasteiger partial charge in [0.2, 0.25) is 5.91 Å². The van der Waals surface area contributed by atoms with Crippen LogP contribution in [0.15, 0.2) is 12.2 Å². The van der Waals surface area contributed by atoms with E-state index in [0.717, 1.165) is 12.3 Å². The van der Waals surface area contributed by atoms with Crippen molar-refractivity contribution in [3.8, 4) is 0 Å². The number of rotatable bonds is 3. The van der Waals surface area contributed by atoms with Gasteiger partial charge >= 0.3 is 0 Å². The van der Waals surface area contributed by atoms with E-state index in [1.165, 1.54) is 12.8 Å². The molecule has 0 aromatic heterocycles. The molecule has 1 fully saturated rings. The van der Waals surface area contributed by atoms with Crippen molar-refractivity contribution in [2.45, 2.75) is 19.3 Å². The Kier molecular flexibility index (Phi) is 2.49. The van der Waals surface area contributed by atoms with E-state index in [0.29, 0.717) is 0 Å². The molecule has 56 valence electrons. The van der Waals surface area contributed by atoms with Crippen LogP contribution in [-0.2, 0) is 4.79 Å². The second-order valence-corrected chi connectivity index (χ2v) is 2.70. The fourth-order valence-electron chi connectivity index (χ4n) is 0.804. The number of hydrogen-bond donors (Lipinski definition) is 1. The van der Waals surface area contributed by atoms with Gasteiger partial charge in [-0.1, -0.05) is 6.08 Å². The maximum atomic E-state index is 10.6. The van der Waals surface area contributed by atoms with Crippen LogP contribution in [0.5, 0.6) is 0 Å². The van der Waals surface area contributed by atoms with Crippen LogP contribution in [0.2, 0.25) is 0 Å². The van der Waals surface area contributed by atoms with Gasteiger partial charge in [0.15, 0.2) is 0 Å². The van der Waals surface area contributed by atoms with Gasteiger partial charge in [-0.3, -0.25) is 4.79 Å². The smallest absolute Gasteiger partial charge is 0.243 e. The van der Waals surface area contributed by atoms with Crippen LogP contribution in [0.4, 0.5) is 0 Å². The number of carbonyl (C=O) groups excluding carboxylic acids is 1. The van der Waals surface area contributed by atoms with Crippen molar-refractivity contribution >= 4 is 5.91 Å². The highest BCUT2D eigenvalue weighted by Crippen LogP contribution is 2.32. The van der Waals surface area contributed by atoms with Crippen molar-refractivity contribution < 1.29 is 4.79 Å². The SMILES string of the molecule is CNC(=O)/C=C/CC1CC1. The molecule has 10 heavy (non-hydrogen) atoms. The number of allylic oxidation sites excluding steroid dienone is 1. The summed E-state index contributed by atoms with van der Waals surface area (Å²) < 4.78 is 0. The minimum atomic E-state index is 0.000602. The van der Waals surface area contributed by atoms with Crippen LogP contribution in [0.1, 0.15) is 19.3 Å². The maximum absolute atomic E-state index is 10.6. The zero-order valence-electron chi connectivity index (χ0n) is 6.26. The number of likely N-dealkylation sites (N-methyl/N-ethyl adjacent to an activating group) is 1. The topological polar surface area (TPSA) is 29.1 Å². The molecule has 0 atom stereocenters. The Morgan fingerprint density at radius 1 is 1.70 bits per heavy atom. The standard InChI is InChI=1S/C8H13NO/c1-9-8(10)4-2-3-7-5-6-7/h2,4,7H,3,5-6H2,1H3,(H,9,10)/b4-2+. The fourth-order valence-corrected chi connectivity index (χ4v) is 0.804. The molecular formula is C8H13NO. The molecule has 0 aromatic rings. The van der Waals surface area contributed by atoms with E-state index in [4.69, 9.17) is 0 Å². The second-order valence-electron chi connectivity index (χ2n) is 2.70. The van der Waals surface area contributed by atoms with E-state index in [-0.39, 0.29) is 5.91 Å². The quantitative estimate of drug-likeness (QED) is 0.582. The summed E-state index contributed by atoms with van der Waals surface area (Å²) in [7, 11) is 1.64. The summed E-state index contributed by atoms with van der Waals surface area (Å²) >= 11 is 0. The van der Waals surface area contributed by atoms with Crippen molar-refractivity contribution in [2.75, 3.05) is 7.05 Å². The van der Waals surface area contributed by atoms with Crippen LogP contribution in [0.3, 0.4) is 0 Å². The molecule has 1 amide bonds. The Morgan fingerprint density at radius 3 is 2.90 bits per heavy atom. The first kappa shape index (κ1) is 7.32. The van der Waals surface area contributed by atoms with Gasteiger partial charge in [0.1, 0.15) is 0 Å². The van der Waals surface area contributed by atoms with Gasteiger partial charge in [-0.05, 0) is 31.3 Å². The molecule has 1 saturated carbocycles. The van der Waals surface area contributed by atoms with Crippen LogP contribution in [0.25, 0.3) is 0 Å². The highest BCUT2D eigenvalue weighted by molar-refractivity contribution is 5.87. The maximum Gasteiger partial charge on any atom is 0.243 e. The summed E-state index contributed by atoms with van der Waals surface area (Å²) in [5, 5.41) is 2.53. The summed E-state index contributed by atoms with van der Waals surface area (Å²) in [6.07, 6.45) is 7.33. The Labute approximate surface area is 61.3 Å². The molecule has 0 unspecified atom stereocenters. The normalized spacial score (nSPS) is 17.7. The number of hydrogen-bond acceptors (Lipinski definition) is 1. The Bertz CT molecular complexity index is 147. The Morgan fingerprint density at radius 2 is 2.40 bits per heavy atom. The first-order valence-electron chi connectivity index (χ1n) is 3.71. The third-order valence-corrected chi connectivity index (χ3v) is 1.68. The second kappa shape index (κ2) is 3.40. The molecule has 0 aromatic carbocycles. The summed E-state index contributed by atoms with van der Waals surface area (Å²) in [6.45, 7) is 0. The highest BCUT2D eigenvalue weighted by Gasteiger charge is 2.18. The number of amides is 1. The fraction of sp³-hybridized carbons (Fsp3) is 0.625. The molecule has 1 aliphatic rings. The van der Waals surface area contributed by atoms with Gasteiger partial charge in [0.05, 0.1) is 0 Å². The lowest BCUT2D eigenvalue weighted by Gasteiger charge is -1.88. The average molecular weight is 139 g/mol. The lowest BCUT2D eigenvalue weighted by Crippen LogP contribution is -2.13. The molecule has 0 saturated heterocycles. The van der Waals surface area contributed by atoms with Crippen LogP contribution in [0, 0.1) is 5.92 Å². The Balaban J connectivity index is 2.08. The molecule has 2 heteroatoms. The van der Waals surface area contributed by atoms with Gasteiger partial charge in [0.25, 0.3) is 0 Å². The van der Waals surface area contributed by atoms with E-state index >= 15 is 0 Å². The first-order valence-corrected chi connectivity index (χ1v) is 3.71. The van der Waals surface area contributed by atoms with Crippen LogP contribution in [-0.4, -0.2) is 13.0 Å². The third-order valence-electron chi connectivity index (χ3n) is 1.68. The van der Waals surface area contributed by atoms with E-state index < -0.39 is 0 Å². The van der Waals surface area contributed by atoms with Crippen molar-refractivity contribution in [1.82, 2.24) is 5.32 Å². The van der Waals surface area contributed by atoms with Gasteiger partial charge in [-0.15, -0.1) is 0 Å². The molecule has 0 bridgehead atoms. The van der Waals surface area contributed by atoms with Gasteiger partial charge in [0, 0.05) is 7.05 Å². The largest absolute Gasteiger partial charge is 0.356 e. The van der Waals surface area contributed by atoms with Gasteiger partial charge < -0.3 is 5.32 Å². The summed E-state index contributed by atoms with van der Waals surface area (Å²) in [6, 6.07) is 0. The van der Waals surface area contributed by atoms with Gasteiger partial charge in [-0.25, -0.2) is 0 Å². The monoisotopic (exact) mass is 139 g/mol. The first-order chi connectivity index (χ1) is 4.83. The minimum Gasteiger partial charge on any atom is -0.356 e. The van der Waals surface area contributed by atoms with Crippen molar-refractivity contribution in [2.24, 2.45) is 5.92 Å². The molecule has 1 aliphatic carbocycles. The van der Waals surface area contributed by atoms with E-state index in [9.17, 15) is 4.79 Å². The predicted molar refractivity (Wildman–Crippen MR) is 40.5 cm³/mol. The van der Waals surface area contributed by atoms with E-state index in [1.54, 1.807) is 13.1 Å². The zero-order chi connectivity index (χ0) is 7.40. The lowest BCUT2D eigenvalue weighted by atomic mass is 10.3. The zero-order valence-corrected chi connectivity index (χ0v) is 6.26. The predicted octanol–water partition coefficient (Wildman–Crippen LogP) is 1.09. The summed E-state index contributed by atoms with van der Waals surface area (Å²) in [5.74, 6) is 0.876. The van der Waals surface area contributed by atoms with E-state index in [2.05, 4.69) is 5.32 Å². The molecule has 2 nitrogen and oxygen atoms in total. The summed E-state index contributed by atoms with van der Waals surface area (Å²) in [4.78, 5) is 10.6. The number of nitrogens with one attached hydrogen (secondary N) is 1. The van der Waals surface area contributed by atoms with Crippen molar-refractivity contribution in [1.29, 1.82) is 0 Å². The Hall–Kier alpha value is -0.790. The summed E-state index contributed by atoms with van der Waals surface area (Å²) in [5.41, 5.74) is 0. The van der Waals surface area contributed by atoms with Crippen molar-refractivity contribution in [3.05, 3.63) is 12.2 Å². The van der Waals surface area contributed by atoms with E-state index in [1.807, 2.05) is 6.08 Å². The molecule has 0 radical (unpaired) electrons. The highest BCUT2D eigenvalue weighted by atomic mass is 16.1. The average Bonchev–Trinajstić information content (AvgIpc) is 2.71. The molecule has 1 rings (SSSR count). The third kappa shape index (κ3) is 2.67. The molecule has 1 N–H and O–H groups in total. The number of carbonyl (C=O) groups is 1. The minimum absolute atomic E-state index is 0.000602. The molecular weight excluding hydrogens is 126 g/mol. The molecule has 0 aliphatic heterocycles. The van der Waals surface area contributed by atoms with Crippen molar-refractivity contribution in [3.63, 3.8) is 0 Å². The molecule has 0 heterocycles. The van der Waals surface area contributed by atoms with Gasteiger partial charge in [-0.2, -0.15) is 0 Å².